The molecule has 0 aromatic heterocycles. The van der Waals surface area contributed by atoms with Crippen LogP contribution in [0, 0.1) is 20.8 Å². The number of ether oxygens (including phenoxy) is 2. The molecule has 0 aliphatic carbocycles. The Balaban J connectivity index is 1.67. The van der Waals surface area contributed by atoms with Crippen molar-refractivity contribution in [3.63, 3.8) is 0 Å². The molecule has 3 rings (SSSR count). The lowest BCUT2D eigenvalue weighted by Gasteiger charge is -2.14. The number of sulfonamides is 1. The van der Waals surface area contributed by atoms with E-state index in [-0.39, 0.29) is 29.5 Å². The first kappa shape index (κ1) is 24.1. The van der Waals surface area contributed by atoms with Gasteiger partial charge in [0, 0.05) is 5.56 Å². The number of nitrogens with one attached hydrogen (secondary N) is 2. The summed E-state index contributed by atoms with van der Waals surface area (Å²) in [5.41, 5.74) is 3.16. The number of rotatable bonds is 9. The van der Waals surface area contributed by atoms with Crippen molar-refractivity contribution in [2.75, 3.05) is 25.0 Å². The molecule has 1 amide bonds. The van der Waals surface area contributed by atoms with Gasteiger partial charge in [-0.05, 0) is 62.2 Å². The number of para-hydroxylation sites is 2. The molecule has 0 saturated heterocycles. The zero-order valence-electron chi connectivity index (χ0n) is 19.1. The van der Waals surface area contributed by atoms with E-state index in [9.17, 15) is 13.2 Å². The van der Waals surface area contributed by atoms with Crippen molar-refractivity contribution >= 4 is 21.6 Å². The van der Waals surface area contributed by atoms with Gasteiger partial charge in [-0.2, -0.15) is 0 Å². The van der Waals surface area contributed by atoms with Gasteiger partial charge in [0.2, 0.25) is 0 Å². The van der Waals surface area contributed by atoms with Gasteiger partial charge in [0.25, 0.3) is 15.9 Å². The van der Waals surface area contributed by atoms with Crippen molar-refractivity contribution in [3.8, 4) is 11.5 Å². The molecule has 3 aromatic carbocycles. The monoisotopic (exact) mass is 468 g/mol. The van der Waals surface area contributed by atoms with Gasteiger partial charge in [-0.25, -0.2) is 8.42 Å². The van der Waals surface area contributed by atoms with Crippen LogP contribution in [-0.4, -0.2) is 34.6 Å². The maximum Gasteiger partial charge on any atom is 0.262 e. The van der Waals surface area contributed by atoms with Crippen LogP contribution >= 0.6 is 0 Å². The van der Waals surface area contributed by atoms with Gasteiger partial charge < -0.3 is 14.8 Å². The summed E-state index contributed by atoms with van der Waals surface area (Å²) in [6.07, 6.45) is 0. The van der Waals surface area contributed by atoms with Crippen molar-refractivity contribution in [1.29, 1.82) is 0 Å². The summed E-state index contributed by atoms with van der Waals surface area (Å²) in [7, 11) is -2.32. The standard InChI is InChI=1S/C25H28N2O5S/c1-17-9-12-21(19(3)15-17)27-33(29,30)24-16-20(11-10-18(24)2)25(28)26-13-14-32-23-8-6-5-7-22(23)31-4/h5-12,15-16,27H,13-14H2,1-4H3,(H,26,28). The van der Waals surface area contributed by atoms with Crippen LogP contribution in [0.1, 0.15) is 27.0 Å². The lowest BCUT2D eigenvalue weighted by molar-refractivity contribution is 0.0946. The fourth-order valence-corrected chi connectivity index (χ4v) is 4.73. The molecule has 33 heavy (non-hydrogen) atoms. The molecule has 0 aliphatic heterocycles. The second-order valence-corrected chi connectivity index (χ2v) is 9.31. The molecule has 0 unspecified atom stereocenters. The van der Waals surface area contributed by atoms with E-state index in [1.165, 1.54) is 6.07 Å². The van der Waals surface area contributed by atoms with Gasteiger partial charge in [-0.1, -0.05) is 35.9 Å². The third-order valence-electron chi connectivity index (χ3n) is 5.08. The first-order chi connectivity index (χ1) is 15.7. The number of methoxy groups -OCH3 is 1. The minimum absolute atomic E-state index is 0.0559. The molecular formula is C25H28N2O5S. The molecule has 0 atom stereocenters. The number of aryl methyl sites for hydroxylation is 3. The number of benzene rings is 3. The smallest absolute Gasteiger partial charge is 0.262 e. The second kappa shape index (κ2) is 10.4. The van der Waals surface area contributed by atoms with E-state index >= 15 is 0 Å². The fraction of sp³-hybridized carbons (Fsp3) is 0.240. The average Bonchev–Trinajstić information content (AvgIpc) is 2.79. The predicted molar refractivity (Wildman–Crippen MR) is 129 cm³/mol. The Kier molecular flexibility index (Phi) is 7.60. The summed E-state index contributed by atoms with van der Waals surface area (Å²) < 4.78 is 39.6. The van der Waals surface area contributed by atoms with Gasteiger partial charge in [0.1, 0.15) is 6.61 Å². The molecule has 174 valence electrons. The van der Waals surface area contributed by atoms with Crippen LogP contribution in [0.3, 0.4) is 0 Å². The Hall–Kier alpha value is -3.52. The van der Waals surface area contributed by atoms with Gasteiger partial charge in [0.05, 0.1) is 24.2 Å². The quantitative estimate of drug-likeness (QED) is 0.459. The Labute approximate surface area is 194 Å². The first-order valence-corrected chi connectivity index (χ1v) is 11.9. The minimum Gasteiger partial charge on any atom is -0.493 e. The van der Waals surface area contributed by atoms with Crippen molar-refractivity contribution in [2.45, 2.75) is 25.7 Å². The molecule has 8 heteroatoms. The third kappa shape index (κ3) is 6.04. The van der Waals surface area contributed by atoms with Gasteiger partial charge in [-0.15, -0.1) is 0 Å². The lowest BCUT2D eigenvalue weighted by Crippen LogP contribution is -2.28. The summed E-state index contributed by atoms with van der Waals surface area (Å²) in [6, 6.07) is 17.3. The van der Waals surface area contributed by atoms with Gasteiger partial charge >= 0.3 is 0 Å². The minimum atomic E-state index is -3.87. The predicted octanol–water partition coefficient (Wildman–Crippen LogP) is 4.23. The van der Waals surface area contributed by atoms with E-state index in [0.717, 1.165) is 11.1 Å². The van der Waals surface area contributed by atoms with E-state index in [0.29, 0.717) is 22.7 Å². The SMILES string of the molecule is COc1ccccc1OCCNC(=O)c1ccc(C)c(S(=O)(=O)Nc2ccc(C)cc2C)c1. The maximum atomic E-state index is 13.0. The summed E-state index contributed by atoms with van der Waals surface area (Å²) in [5.74, 6) is 0.797. The first-order valence-electron chi connectivity index (χ1n) is 10.5. The normalized spacial score (nSPS) is 11.0. The number of hydrogen-bond donors (Lipinski definition) is 2. The molecule has 7 nitrogen and oxygen atoms in total. The van der Waals surface area contributed by atoms with Crippen molar-refractivity contribution in [3.05, 3.63) is 82.9 Å². The summed E-state index contributed by atoms with van der Waals surface area (Å²) >= 11 is 0. The molecule has 3 aromatic rings. The highest BCUT2D eigenvalue weighted by Crippen LogP contribution is 2.26. The Bertz CT molecular complexity index is 1260. The zero-order valence-corrected chi connectivity index (χ0v) is 20.0. The molecule has 0 aliphatic rings. The largest absolute Gasteiger partial charge is 0.493 e. The van der Waals surface area contributed by atoms with Crippen LogP contribution in [-0.2, 0) is 10.0 Å². The summed E-state index contributed by atoms with van der Waals surface area (Å²) in [5, 5.41) is 2.75. The van der Waals surface area contributed by atoms with E-state index in [2.05, 4.69) is 10.0 Å². The molecule has 0 radical (unpaired) electrons. The molecule has 0 saturated carbocycles. The van der Waals surface area contributed by atoms with E-state index < -0.39 is 10.0 Å². The van der Waals surface area contributed by atoms with Crippen molar-refractivity contribution in [1.82, 2.24) is 5.32 Å². The molecule has 0 fully saturated rings. The number of amides is 1. The number of anilines is 1. The fourth-order valence-electron chi connectivity index (χ4n) is 3.32. The molecule has 0 spiro atoms. The summed E-state index contributed by atoms with van der Waals surface area (Å²) in [4.78, 5) is 12.7. The number of hydrogen-bond acceptors (Lipinski definition) is 5. The van der Waals surface area contributed by atoms with Crippen LogP contribution in [0.5, 0.6) is 11.5 Å². The zero-order chi connectivity index (χ0) is 24.0. The summed E-state index contributed by atoms with van der Waals surface area (Å²) in [6.45, 7) is 5.96. The molecule has 0 heterocycles. The Morgan fingerprint density at radius 2 is 1.64 bits per heavy atom. The van der Waals surface area contributed by atoms with Crippen LogP contribution < -0.4 is 19.5 Å². The Morgan fingerprint density at radius 3 is 2.33 bits per heavy atom. The highest BCUT2D eigenvalue weighted by atomic mass is 32.2. The third-order valence-corrected chi connectivity index (χ3v) is 6.59. The van der Waals surface area contributed by atoms with Crippen LogP contribution in [0.25, 0.3) is 0 Å². The number of carbonyl (C=O) groups is 1. The van der Waals surface area contributed by atoms with Gasteiger partial charge in [-0.3, -0.25) is 9.52 Å². The highest BCUT2D eigenvalue weighted by Gasteiger charge is 2.20. The van der Waals surface area contributed by atoms with Crippen LogP contribution in [0.4, 0.5) is 5.69 Å². The highest BCUT2D eigenvalue weighted by molar-refractivity contribution is 7.92. The topological polar surface area (TPSA) is 93.7 Å². The molecule has 2 N–H and O–H groups in total. The Morgan fingerprint density at radius 1 is 0.909 bits per heavy atom. The second-order valence-electron chi connectivity index (χ2n) is 7.66. The van der Waals surface area contributed by atoms with E-state index in [1.807, 2.05) is 38.1 Å². The van der Waals surface area contributed by atoms with Crippen molar-refractivity contribution < 1.29 is 22.7 Å². The van der Waals surface area contributed by atoms with E-state index in [1.54, 1.807) is 44.4 Å². The average molecular weight is 469 g/mol. The molecular weight excluding hydrogens is 440 g/mol. The lowest BCUT2D eigenvalue weighted by atomic mass is 10.1. The van der Waals surface area contributed by atoms with Gasteiger partial charge in [0.15, 0.2) is 11.5 Å². The van der Waals surface area contributed by atoms with Crippen LogP contribution in [0.15, 0.2) is 65.6 Å². The number of carbonyl (C=O) groups excluding carboxylic acids is 1. The van der Waals surface area contributed by atoms with E-state index in [4.69, 9.17) is 9.47 Å². The maximum absolute atomic E-state index is 13.0. The van der Waals surface area contributed by atoms with Crippen molar-refractivity contribution in [2.24, 2.45) is 0 Å². The van der Waals surface area contributed by atoms with Crippen LogP contribution in [0.2, 0.25) is 0 Å². The molecule has 0 bridgehead atoms.